The molecule has 9 heteroatoms. The van der Waals surface area contributed by atoms with Crippen molar-refractivity contribution in [3.05, 3.63) is 29.8 Å². The molecule has 1 atom stereocenters. The smallest absolute Gasteiger partial charge is 0.344 e. The van der Waals surface area contributed by atoms with Crippen LogP contribution in [0.25, 0.3) is 0 Å². The Bertz CT molecular complexity index is 658. The van der Waals surface area contributed by atoms with Crippen molar-refractivity contribution in [1.29, 1.82) is 0 Å². The number of alkyl halides is 3. The van der Waals surface area contributed by atoms with Gasteiger partial charge in [-0.15, -0.1) is 0 Å². The van der Waals surface area contributed by atoms with Crippen molar-refractivity contribution in [2.24, 2.45) is 0 Å². The summed E-state index contributed by atoms with van der Waals surface area (Å²) in [6.45, 7) is 0.131. The first-order valence-electron chi connectivity index (χ1n) is 6.04. The number of likely N-dealkylation sites (tertiary alicyclic amines) is 1. The molecule has 21 heavy (non-hydrogen) atoms. The maximum Gasteiger partial charge on any atom is 0.417 e. The van der Waals surface area contributed by atoms with Gasteiger partial charge < -0.3 is 4.90 Å². The van der Waals surface area contributed by atoms with Crippen molar-refractivity contribution in [3.8, 4) is 0 Å². The van der Waals surface area contributed by atoms with Gasteiger partial charge in [0, 0.05) is 26.1 Å². The number of halogens is 3. The van der Waals surface area contributed by atoms with Crippen LogP contribution in [0.1, 0.15) is 12.0 Å². The molecular formula is C12H13F3N2O3S. The fourth-order valence-corrected chi connectivity index (χ4v) is 3.62. The Morgan fingerprint density at radius 1 is 1.29 bits per heavy atom. The van der Waals surface area contributed by atoms with E-state index < -0.39 is 32.7 Å². The number of carbonyl (C=O) groups is 1. The van der Waals surface area contributed by atoms with Crippen LogP contribution in [-0.2, 0) is 21.0 Å². The van der Waals surface area contributed by atoms with Crippen LogP contribution in [0.3, 0.4) is 0 Å². The van der Waals surface area contributed by atoms with Gasteiger partial charge in [-0.05, 0) is 12.1 Å². The first kappa shape index (κ1) is 15.8. The first-order chi connectivity index (χ1) is 9.61. The number of carbonyl (C=O) groups excluding carboxylic acids is 1. The van der Waals surface area contributed by atoms with Crippen molar-refractivity contribution < 1.29 is 26.4 Å². The van der Waals surface area contributed by atoms with Gasteiger partial charge in [0.25, 0.3) is 0 Å². The number of rotatable bonds is 3. The number of likely N-dealkylation sites (N-methyl/N-ethyl adjacent to an activating group) is 1. The normalized spacial score (nSPS) is 20.1. The summed E-state index contributed by atoms with van der Waals surface area (Å²) in [5.41, 5.74) is -1.23. The summed E-state index contributed by atoms with van der Waals surface area (Å²) in [4.78, 5) is 11.8. The molecule has 1 aromatic rings. The molecule has 0 aromatic heterocycles. The van der Waals surface area contributed by atoms with Gasteiger partial charge in [0.15, 0.2) is 0 Å². The standard InChI is InChI=1S/C12H13F3N2O3S/c1-17-7-8(6-11(17)18)16-21(19,20)10-5-3-2-4-9(10)12(13,14)15/h2-5,8,16H,6-7H2,1H3/t8-/m0/s1. The van der Waals surface area contributed by atoms with E-state index >= 15 is 0 Å². The summed E-state index contributed by atoms with van der Waals surface area (Å²) >= 11 is 0. The molecule has 0 bridgehead atoms. The van der Waals surface area contributed by atoms with Crippen molar-refractivity contribution in [2.75, 3.05) is 13.6 Å². The largest absolute Gasteiger partial charge is 0.417 e. The van der Waals surface area contributed by atoms with Crippen LogP contribution in [0.15, 0.2) is 29.2 Å². The second-order valence-electron chi connectivity index (χ2n) is 4.79. The molecule has 5 nitrogen and oxygen atoms in total. The van der Waals surface area contributed by atoms with Gasteiger partial charge in [0.1, 0.15) is 0 Å². The average molecular weight is 322 g/mol. The highest BCUT2D eigenvalue weighted by Crippen LogP contribution is 2.34. The van der Waals surface area contributed by atoms with E-state index in [1.807, 2.05) is 0 Å². The molecule has 1 saturated heterocycles. The number of amides is 1. The number of hydrogen-bond acceptors (Lipinski definition) is 3. The van der Waals surface area contributed by atoms with Gasteiger partial charge in [-0.2, -0.15) is 13.2 Å². The predicted molar refractivity (Wildman–Crippen MR) is 67.8 cm³/mol. The second-order valence-corrected chi connectivity index (χ2v) is 6.47. The molecule has 1 heterocycles. The summed E-state index contributed by atoms with van der Waals surface area (Å²) in [6.07, 6.45) is -4.84. The summed E-state index contributed by atoms with van der Waals surface area (Å²) in [5, 5.41) is 0. The molecule has 0 saturated carbocycles. The van der Waals surface area contributed by atoms with Crippen LogP contribution in [0, 0.1) is 0 Å². The first-order valence-corrected chi connectivity index (χ1v) is 7.52. The number of sulfonamides is 1. The van der Waals surface area contributed by atoms with E-state index in [2.05, 4.69) is 4.72 Å². The van der Waals surface area contributed by atoms with Crippen LogP contribution in [-0.4, -0.2) is 38.9 Å². The zero-order chi connectivity index (χ0) is 15.8. The zero-order valence-corrected chi connectivity index (χ0v) is 11.8. The highest BCUT2D eigenvalue weighted by Gasteiger charge is 2.38. The minimum Gasteiger partial charge on any atom is -0.344 e. The summed E-state index contributed by atoms with van der Waals surface area (Å²) in [5.74, 6) is -0.258. The van der Waals surface area contributed by atoms with E-state index in [1.165, 1.54) is 18.0 Å². The Kier molecular flexibility index (Phi) is 3.98. The lowest BCUT2D eigenvalue weighted by Crippen LogP contribution is -2.37. The third-order valence-corrected chi connectivity index (χ3v) is 4.72. The topological polar surface area (TPSA) is 66.5 Å². The highest BCUT2D eigenvalue weighted by atomic mass is 32.2. The molecule has 0 spiro atoms. The molecule has 2 rings (SSSR count). The minimum atomic E-state index is -4.77. The van der Waals surface area contributed by atoms with E-state index in [-0.39, 0.29) is 18.9 Å². The predicted octanol–water partition coefficient (Wildman–Crippen LogP) is 1.21. The molecule has 1 amide bonds. The van der Waals surface area contributed by atoms with E-state index in [0.29, 0.717) is 6.07 Å². The monoisotopic (exact) mass is 322 g/mol. The summed E-state index contributed by atoms with van der Waals surface area (Å²) < 4.78 is 65.0. The number of nitrogens with one attached hydrogen (secondary N) is 1. The van der Waals surface area contributed by atoms with E-state index in [9.17, 15) is 26.4 Å². The minimum absolute atomic E-state index is 0.0656. The lowest BCUT2D eigenvalue weighted by atomic mass is 10.2. The molecule has 0 aliphatic carbocycles. The third kappa shape index (κ3) is 3.35. The number of nitrogens with zero attached hydrogens (tertiary/aromatic N) is 1. The molecule has 1 N–H and O–H groups in total. The van der Waals surface area contributed by atoms with Crippen molar-refractivity contribution >= 4 is 15.9 Å². The Morgan fingerprint density at radius 2 is 1.90 bits per heavy atom. The third-order valence-electron chi connectivity index (χ3n) is 3.14. The SMILES string of the molecule is CN1C[C@@H](NS(=O)(=O)c2ccccc2C(F)(F)F)CC1=O. The van der Waals surface area contributed by atoms with Crippen molar-refractivity contribution in [2.45, 2.75) is 23.5 Å². The van der Waals surface area contributed by atoms with Crippen LogP contribution >= 0.6 is 0 Å². The van der Waals surface area contributed by atoms with E-state index in [1.54, 1.807) is 0 Å². The molecule has 1 aromatic carbocycles. The van der Waals surface area contributed by atoms with Gasteiger partial charge in [-0.1, -0.05) is 12.1 Å². The molecule has 1 aliphatic heterocycles. The van der Waals surface area contributed by atoms with Crippen LogP contribution < -0.4 is 4.72 Å². The van der Waals surface area contributed by atoms with Gasteiger partial charge in [0.05, 0.1) is 10.5 Å². The Balaban J connectivity index is 2.31. The summed E-state index contributed by atoms with van der Waals surface area (Å²) in [7, 11) is -2.85. The number of hydrogen-bond donors (Lipinski definition) is 1. The lowest BCUT2D eigenvalue weighted by Gasteiger charge is -2.16. The van der Waals surface area contributed by atoms with Gasteiger partial charge >= 0.3 is 6.18 Å². The van der Waals surface area contributed by atoms with E-state index in [0.717, 1.165) is 12.1 Å². The Labute approximate surface area is 119 Å². The average Bonchev–Trinajstić information content (AvgIpc) is 2.66. The van der Waals surface area contributed by atoms with Crippen LogP contribution in [0.4, 0.5) is 13.2 Å². The van der Waals surface area contributed by atoms with Crippen LogP contribution in [0.5, 0.6) is 0 Å². The van der Waals surface area contributed by atoms with Gasteiger partial charge in [0.2, 0.25) is 15.9 Å². The fourth-order valence-electron chi connectivity index (χ4n) is 2.16. The maximum absolute atomic E-state index is 12.9. The molecule has 0 radical (unpaired) electrons. The second kappa shape index (κ2) is 5.30. The molecular weight excluding hydrogens is 309 g/mol. The molecule has 116 valence electrons. The quantitative estimate of drug-likeness (QED) is 0.910. The molecule has 0 unspecified atom stereocenters. The molecule has 1 aliphatic rings. The lowest BCUT2D eigenvalue weighted by molar-refractivity contribution is -0.139. The molecule has 1 fully saturated rings. The fraction of sp³-hybridized carbons (Fsp3) is 0.417. The highest BCUT2D eigenvalue weighted by molar-refractivity contribution is 7.89. The zero-order valence-electron chi connectivity index (χ0n) is 11.0. The Hall–Kier alpha value is -1.61. The summed E-state index contributed by atoms with van der Waals surface area (Å²) in [6, 6.07) is 3.21. The van der Waals surface area contributed by atoms with Gasteiger partial charge in [-0.25, -0.2) is 13.1 Å². The Morgan fingerprint density at radius 3 is 2.43 bits per heavy atom. The van der Waals surface area contributed by atoms with Gasteiger partial charge in [-0.3, -0.25) is 4.79 Å². The van der Waals surface area contributed by atoms with E-state index in [4.69, 9.17) is 0 Å². The maximum atomic E-state index is 12.9. The number of benzene rings is 1. The van der Waals surface area contributed by atoms with Crippen molar-refractivity contribution in [1.82, 2.24) is 9.62 Å². The van der Waals surface area contributed by atoms with Crippen LogP contribution in [0.2, 0.25) is 0 Å². The van der Waals surface area contributed by atoms with Crippen molar-refractivity contribution in [3.63, 3.8) is 0 Å².